The Labute approximate surface area is 111 Å². The monoisotopic (exact) mass is 257 g/mol. The van der Waals surface area contributed by atoms with E-state index in [4.69, 9.17) is 0 Å². The number of Topliss-reactive ketones (excluding diaryl/α,β-unsaturated/α-hetero) is 1. The average molecular weight is 257 g/mol. The van der Waals surface area contributed by atoms with Gasteiger partial charge >= 0.3 is 0 Å². The summed E-state index contributed by atoms with van der Waals surface area (Å²) in [4.78, 5) is 17.2. The van der Waals surface area contributed by atoms with Crippen LogP contribution in [0.1, 0.15) is 22.8 Å². The number of hydrogen-bond donors (Lipinski definition) is 0. The molecule has 0 spiro atoms. The topological polar surface area (TPSA) is 30.0 Å². The van der Waals surface area contributed by atoms with Crippen molar-refractivity contribution in [1.29, 1.82) is 0 Å². The minimum absolute atomic E-state index is 0.147. The molecular weight excluding hydrogens is 242 g/mol. The van der Waals surface area contributed by atoms with Crippen LogP contribution in [-0.2, 0) is 6.42 Å². The quantitative estimate of drug-likeness (QED) is 0.605. The van der Waals surface area contributed by atoms with Crippen molar-refractivity contribution in [3.05, 3.63) is 59.9 Å². The maximum absolute atomic E-state index is 12.1. The molecule has 2 rings (SSSR count). The zero-order chi connectivity index (χ0) is 12.8. The van der Waals surface area contributed by atoms with Crippen molar-refractivity contribution in [2.24, 2.45) is 0 Å². The Hall–Kier alpha value is -1.61. The lowest BCUT2D eigenvalue weighted by Crippen LogP contribution is -2.03. The third-order valence-corrected chi connectivity index (χ3v) is 3.50. The highest BCUT2D eigenvalue weighted by molar-refractivity contribution is 7.99. The van der Waals surface area contributed by atoms with E-state index in [1.165, 1.54) is 4.90 Å². The summed E-state index contributed by atoms with van der Waals surface area (Å²) in [5.74, 6) is 1.19. The molecule has 0 bridgehead atoms. The maximum atomic E-state index is 12.1. The van der Waals surface area contributed by atoms with Crippen LogP contribution in [0.25, 0.3) is 0 Å². The maximum Gasteiger partial charge on any atom is 0.167 e. The Morgan fingerprint density at radius 1 is 1.11 bits per heavy atom. The third-order valence-electron chi connectivity index (χ3n) is 2.60. The van der Waals surface area contributed by atoms with Crippen LogP contribution in [0.15, 0.2) is 53.7 Å². The second-order valence-corrected chi connectivity index (χ2v) is 5.25. The minimum atomic E-state index is 0.147. The Morgan fingerprint density at radius 2 is 1.78 bits per heavy atom. The van der Waals surface area contributed by atoms with Gasteiger partial charge in [0.2, 0.25) is 0 Å². The van der Waals surface area contributed by atoms with Gasteiger partial charge in [-0.3, -0.25) is 9.78 Å². The molecule has 0 fully saturated rings. The van der Waals surface area contributed by atoms with Crippen molar-refractivity contribution in [2.45, 2.75) is 18.2 Å². The number of nitrogens with zero attached hydrogens (tertiary/aromatic N) is 1. The number of aromatic nitrogens is 1. The molecule has 1 aromatic heterocycles. The Kier molecular flexibility index (Phi) is 4.53. The summed E-state index contributed by atoms with van der Waals surface area (Å²) in [6.07, 6.45) is 3.86. The molecule has 0 saturated carbocycles. The number of benzene rings is 1. The minimum Gasteiger partial charge on any atom is -0.294 e. The van der Waals surface area contributed by atoms with Crippen molar-refractivity contribution in [1.82, 2.24) is 4.98 Å². The van der Waals surface area contributed by atoms with Crippen LogP contribution in [0.2, 0.25) is 0 Å². The van der Waals surface area contributed by atoms with Crippen LogP contribution in [0.5, 0.6) is 0 Å². The summed E-state index contributed by atoms with van der Waals surface area (Å²) in [6, 6.07) is 11.6. The first-order valence-corrected chi connectivity index (χ1v) is 6.93. The van der Waals surface area contributed by atoms with Gasteiger partial charge in [-0.25, -0.2) is 0 Å². The molecule has 3 heteroatoms. The predicted molar refractivity (Wildman–Crippen MR) is 75.1 cm³/mol. The van der Waals surface area contributed by atoms with Crippen LogP contribution in [-0.4, -0.2) is 16.5 Å². The van der Waals surface area contributed by atoms with Gasteiger partial charge in [-0.2, -0.15) is 0 Å². The summed E-state index contributed by atoms with van der Waals surface area (Å²) in [6.45, 7) is 2.12. The van der Waals surface area contributed by atoms with Crippen molar-refractivity contribution < 1.29 is 4.79 Å². The van der Waals surface area contributed by atoms with Crippen molar-refractivity contribution in [2.75, 3.05) is 5.75 Å². The van der Waals surface area contributed by atoms with Crippen LogP contribution >= 0.6 is 11.8 Å². The van der Waals surface area contributed by atoms with E-state index < -0.39 is 0 Å². The molecule has 0 radical (unpaired) electrons. The van der Waals surface area contributed by atoms with Gasteiger partial charge in [0.05, 0.1) is 0 Å². The molecule has 0 N–H and O–H groups in total. The summed E-state index contributed by atoms with van der Waals surface area (Å²) in [5, 5.41) is 0. The molecule has 2 aromatic rings. The number of carbonyl (C=O) groups is 1. The van der Waals surface area contributed by atoms with Gasteiger partial charge in [0.1, 0.15) is 0 Å². The van der Waals surface area contributed by atoms with Gasteiger partial charge < -0.3 is 0 Å². The first-order chi connectivity index (χ1) is 8.79. The van der Waals surface area contributed by atoms with Crippen molar-refractivity contribution in [3.63, 3.8) is 0 Å². The summed E-state index contributed by atoms with van der Waals surface area (Å²) in [7, 11) is 0. The van der Waals surface area contributed by atoms with Gasteiger partial charge in [0.15, 0.2) is 5.78 Å². The molecular formula is C15H15NOS. The lowest BCUT2D eigenvalue weighted by atomic mass is 10.0. The largest absolute Gasteiger partial charge is 0.294 e. The van der Waals surface area contributed by atoms with E-state index in [9.17, 15) is 4.79 Å². The van der Waals surface area contributed by atoms with Crippen LogP contribution in [0.3, 0.4) is 0 Å². The number of hydrogen-bond acceptors (Lipinski definition) is 3. The number of pyridine rings is 1. The van der Waals surface area contributed by atoms with Gasteiger partial charge in [-0.05, 0) is 35.6 Å². The highest BCUT2D eigenvalue weighted by Crippen LogP contribution is 2.18. The van der Waals surface area contributed by atoms with Gasteiger partial charge in [-0.15, -0.1) is 11.8 Å². The molecule has 1 aromatic carbocycles. The number of thioether (sulfide) groups is 1. The lowest BCUT2D eigenvalue weighted by molar-refractivity contribution is 0.0993. The van der Waals surface area contributed by atoms with Crippen molar-refractivity contribution >= 4 is 17.5 Å². The second-order valence-electron chi connectivity index (χ2n) is 3.91. The fourth-order valence-electron chi connectivity index (χ4n) is 1.69. The van der Waals surface area contributed by atoms with E-state index in [0.29, 0.717) is 6.42 Å². The number of carbonyl (C=O) groups excluding carboxylic acids is 1. The third kappa shape index (κ3) is 3.44. The predicted octanol–water partition coefficient (Wildman–Crippen LogP) is 3.62. The smallest absolute Gasteiger partial charge is 0.167 e. The van der Waals surface area contributed by atoms with Crippen LogP contribution < -0.4 is 0 Å². The first kappa shape index (κ1) is 12.8. The lowest BCUT2D eigenvalue weighted by Gasteiger charge is -2.03. The summed E-state index contributed by atoms with van der Waals surface area (Å²) < 4.78 is 0. The fraction of sp³-hybridized carbons (Fsp3) is 0.200. The summed E-state index contributed by atoms with van der Waals surface area (Å²) >= 11 is 1.78. The molecule has 18 heavy (non-hydrogen) atoms. The highest BCUT2D eigenvalue weighted by atomic mass is 32.2. The normalized spacial score (nSPS) is 10.3. The van der Waals surface area contributed by atoms with E-state index in [0.717, 1.165) is 16.9 Å². The van der Waals surface area contributed by atoms with Gasteiger partial charge in [-0.1, -0.05) is 19.1 Å². The zero-order valence-corrected chi connectivity index (χ0v) is 11.1. The van der Waals surface area contributed by atoms with E-state index in [-0.39, 0.29) is 5.78 Å². The Morgan fingerprint density at radius 3 is 2.39 bits per heavy atom. The molecule has 0 atom stereocenters. The van der Waals surface area contributed by atoms with E-state index in [1.807, 2.05) is 36.4 Å². The number of ketones is 1. The molecule has 2 nitrogen and oxygen atoms in total. The molecule has 0 aliphatic carbocycles. The zero-order valence-electron chi connectivity index (χ0n) is 10.3. The second kappa shape index (κ2) is 6.36. The molecule has 0 amide bonds. The van der Waals surface area contributed by atoms with Gasteiger partial charge in [0, 0.05) is 29.3 Å². The van der Waals surface area contributed by atoms with Crippen LogP contribution in [0, 0.1) is 0 Å². The van der Waals surface area contributed by atoms with Crippen LogP contribution in [0.4, 0.5) is 0 Å². The molecule has 0 unspecified atom stereocenters. The van der Waals surface area contributed by atoms with E-state index >= 15 is 0 Å². The standard InChI is InChI=1S/C15H15NOS/c1-2-18-14-5-3-13(4-6-14)15(17)11-12-7-9-16-10-8-12/h3-10H,2,11H2,1H3. The van der Waals surface area contributed by atoms with Gasteiger partial charge in [0.25, 0.3) is 0 Å². The Balaban J connectivity index is 2.05. The Bertz CT molecular complexity index is 508. The molecule has 92 valence electrons. The number of rotatable bonds is 5. The first-order valence-electron chi connectivity index (χ1n) is 5.94. The average Bonchev–Trinajstić information content (AvgIpc) is 2.41. The van der Waals surface area contributed by atoms with Crippen molar-refractivity contribution in [3.8, 4) is 0 Å². The molecule has 1 heterocycles. The highest BCUT2D eigenvalue weighted by Gasteiger charge is 2.06. The SMILES string of the molecule is CCSc1ccc(C(=O)Cc2ccncc2)cc1. The summed E-state index contributed by atoms with van der Waals surface area (Å²) in [5.41, 5.74) is 1.77. The molecule has 0 aliphatic heterocycles. The van der Waals surface area contributed by atoms with E-state index in [2.05, 4.69) is 11.9 Å². The molecule has 0 saturated heterocycles. The molecule has 0 aliphatic rings. The van der Waals surface area contributed by atoms with E-state index in [1.54, 1.807) is 24.2 Å². The fourth-order valence-corrected chi connectivity index (χ4v) is 2.35.